The highest BCUT2D eigenvalue weighted by molar-refractivity contribution is 5.85. The summed E-state index contributed by atoms with van der Waals surface area (Å²) in [6.45, 7) is 1.98. The van der Waals surface area contributed by atoms with E-state index in [1.807, 2.05) is 18.2 Å². The maximum Gasteiger partial charge on any atom is 0.227 e. The number of amides is 1. The summed E-state index contributed by atoms with van der Waals surface area (Å²) in [6, 6.07) is 5.83. The van der Waals surface area contributed by atoms with Crippen molar-refractivity contribution >= 4 is 18.3 Å². The van der Waals surface area contributed by atoms with Gasteiger partial charge in [0.1, 0.15) is 0 Å². The van der Waals surface area contributed by atoms with Crippen molar-refractivity contribution in [2.45, 2.75) is 51.2 Å². The number of rotatable bonds is 7. The van der Waals surface area contributed by atoms with Crippen LogP contribution in [0.4, 0.5) is 0 Å². The van der Waals surface area contributed by atoms with Crippen LogP contribution in [0.25, 0.3) is 0 Å². The first-order valence-electron chi connectivity index (χ1n) is 9.56. The summed E-state index contributed by atoms with van der Waals surface area (Å²) < 4.78 is 16.9. The molecular formula is C20H31ClN2O4. The Hall–Kier alpha value is -1.50. The summed E-state index contributed by atoms with van der Waals surface area (Å²) in [6.07, 6.45) is 6.22. The lowest BCUT2D eigenvalue weighted by atomic mass is 9.79. The van der Waals surface area contributed by atoms with Gasteiger partial charge in [-0.3, -0.25) is 4.79 Å². The SMILES string of the molecule is COc1ccc(CNC(=O)C2(CN)CCOCC2)cc1OC1CCCC1.Cl. The standard InChI is InChI=1S/C20H30N2O4.ClH/c1-24-17-7-6-15(12-18(17)26-16-4-2-3-5-16)13-22-19(23)20(14-21)8-10-25-11-9-20;/h6-7,12,16H,2-5,8-11,13-14,21H2,1H3,(H,22,23);1H. The first-order chi connectivity index (χ1) is 12.7. The molecule has 1 saturated heterocycles. The lowest BCUT2D eigenvalue weighted by Gasteiger charge is -2.34. The Morgan fingerprint density at radius 2 is 1.96 bits per heavy atom. The second-order valence-corrected chi connectivity index (χ2v) is 7.29. The van der Waals surface area contributed by atoms with Crippen molar-refractivity contribution in [2.75, 3.05) is 26.9 Å². The Balaban J connectivity index is 0.00000261. The summed E-state index contributed by atoms with van der Waals surface area (Å²) in [5.74, 6) is 1.50. The van der Waals surface area contributed by atoms with Gasteiger partial charge in [0.15, 0.2) is 11.5 Å². The predicted molar refractivity (Wildman–Crippen MR) is 107 cm³/mol. The van der Waals surface area contributed by atoms with E-state index >= 15 is 0 Å². The Morgan fingerprint density at radius 3 is 2.59 bits per heavy atom. The fraction of sp³-hybridized carbons (Fsp3) is 0.650. The molecule has 6 nitrogen and oxygen atoms in total. The molecule has 1 aromatic rings. The van der Waals surface area contributed by atoms with Crippen LogP contribution in [0.5, 0.6) is 11.5 Å². The summed E-state index contributed by atoms with van der Waals surface area (Å²) in [5, 5.41) is 3.05. The van der Waals surface area contributed by atoms with E-state index in [0.29, 0.717) is 39.1 Å². The van der Waals surface area contributed by atoms with Gasteiger partial charge in [-0.05, 0) is 56.2 Å². The molecule has 1 aliphatic heterocycles. The van der Waals surface area contributed by atoms with E-state index in [2.05, 4.69) is 5.32 Å². The predicted octanol–water partition coefficient (Wildman–Crippen LogP) is 2.81. The molecule has 1 aliphatic carbocycles. The number of carbonyl (C=O) groups excluding carboxylic acids is 1. The van der Waals surface area contributed by atoms with Crippen molar-refractivity contribution in [1.29, 1.82) is 0 Å². The van der Waals surface area contributed by atoms with Crippen molar-refractivity contribution in [3.63, 3.8) is 0 Å². The molecule has 0 atom stereocenters. The number of hydrogen-bond donors (Lipinski definition) is 2. The Kier molecular flexibility index (Phi) is 8.20. The quantitative estimate of drug-likeness (QED) is 0.737. The second kappa shape index (κ2) is 10.2. The minimum absolute atomic E-state index is 0. The van der Waals surface area contributed by atoms with Gasteiger partial charge in [0, 0.05) is 26.3 Å². The van der Waals surface area contributed by atoms with E-state index in [4.69, 9.17) is 19.9 Å². The average Bonchev–Trinajstić information content (AvgIpc) is 3.20. The van der Waals surface area contributed by atoms with Gasteiger partial charge >= 0.3 is 0 Å². The number of carbonyl (C=O) groups is 1. The van der Waals surface area contributed by atoms with Gasteiger partial charge in [-0.25, -0.2) is 0 Å². The van der Waals surface area contributed by atoms with Crippen molar-refractivity contribution in [3.05, 3.63) is 23.8 Å². The molecule has 152 valence electrons. The average molecular weight is 399 g/mol. The third-order valence-corrected chi connectivity index (χ3v) is 5.60. The fourth-order valence-electron chi connectivity index (χ4n) is 3.76. The van der Waals surface area contributed by atoms with Gasteiger partial charge in [0.05, 0.1) is 18.6 Å². The van der Waals surface area contributed by atoms with Crippen LogP contribution in [0.15, 0.2) is 18.2 Å². The van der Waals surface area contributed by atoms with E-state index in [0.717, 1.165) is 29.9 Å². The molecular weight excluding hydrogens is 368 g/mol. The molecule has 27 heavy (non-hydrogen) atoms. The van der Waals surface area contributed by atoms with Crippen LogP contribution < -0.4 is 20.5 Å². The van der Waals surface area contributed by atoms with Gasteiger partial charge in [-0.2, -0.15) is 0 Å². The van der Waals surface area contributed by atoms with Crippen molar-refractivity contribution in [1.82, 2.24) is 5.32 Å². The normalized spacial score (nSPS) is 19.2. The maximum absolute atomic E-state index is 12.7. The monoisotopic (exact) mass is 398 g/mol. The Bertz CT molecular complexity index is 614. The van der Waals surface area contributed by atoms with Crippen LogP contribution in [-0.4, -0.2) is 38.9 Å². The van der Waals surface area contributed by atoms with Gasteiger partial charge in [0.2, 0.25) is 5.91 Å². The Labute approximate surface area is 167 Å². The molecule has 0 unspecified atom stereocenters. The molecule has 1 heterocycles. The number of nitrogens with two attached hydrogens (primary N) is 1. The molecule has 7 heteroatoms. The van der Waals surface area contributed by atoms with Crippen LogP contribution in [0, 0.1) is 5.41 Å². The van der Waals surface area contributed by atoms with Gasteiger partial charge in [-0.1, -0.05) is 6.07 Å². The lowest BCUT2D eigenvalue weighted by molar-refractivity contribution is -0.136. The number of hydrogen-bond acceptors (Lipinski definition) is 5. The van der Waals surface area contributed by atoms with Crippen molar-refractivity contribution < 1.29 is 19.0 Å². The summed E-state index contributed by atoms with van der Waals surface area (Å²) in [5.41, 5.74) is 6.39. The first-order valence-corrected chi connectivity index (χ1v) is 9.56. The molecule has 1 aromatic carbocycles. The zero-order valence-electron chi connectivity index (χ0n) is 16.0. The highest BCUT2D eigenvalue weighted by Crippen LogP contribution is 2.33. The molecule has 3 N–H and O–H groups in total. The van der Waals surface area contributed by atoms with Gasteiger partial charge in [-0.15, -0.1) is 12.4 Å². The number of benzene rings is 1. The third kappa shape index (κ3) is 5.27. The smallest absolute Gasteiger partial charge is 0.227 e. The van der Waals surface area contributed by atoms with E-state index in [1.165, 1.54) is 12.8 Å². The minimum Gasteiger partial charge on any atom is -0.493 e. The van der Waals surface area contributed by atoms with Crippen LogP contribution in [0.2, 0.25) is 0 Å². The van der Waals surface area contributed by atoms with Gasteiger partial charge in [0.25, 0.3) is 0 Å². The molecule has 0 bridgehead atoms. The van der Waals surface area contributed by atoms with Crippen molar-refractivity contribution in [3.8, 4) is 11.5 Å². The van der Waals surface area contributed by atoms with E-state index in [-0.39, 0.29) is 24.4 Å². The second-order valence-electron chi connectivity index (χ2n) is 7.29. The zero-order valence-corrected chi connectivity index (χ0v) is 16.8. The maximum atomic E-state index is 12.7. The molecule has 2 fully saturated rings. The molecule has 0 spiro atoms. The summed E-state index contributed by atoms with van der Waals surface area (Å²) in [4.78, 5) is 12.7. The number of nitrogens with one attached hydrogen (secondary N) is 1. The highest BCUT2D eigenvalue weighted by Gasteiger charge is 2.38. The number of halogens is 1. The molecule has 1 saturated carbocycles. The van der Waals surface area contributed by atoms with Crippen LogP contribution in [0.3, 0.4) is 0 Å². The third-order valence-electron chi connectivity index (χ3n) is 5.60. The number of methoxy groups -OCH3 is 1. The van der Waals surface area contributed by atoms with Gasteiger partial charge < -0.3 is 25.3 Å². The summed E-state index contributed by atoms with van der Waals surface area (Å²) in [7, 11) is 1.65. The molecule has 3 rings (SSSR count). The molecule has 0 radical (unpaired) electrons. The van der Waals surface area contributed by atoms with Crippen LogP contribution in [-0.2, 0) is 16.1 Å². The van der Waals surface area contributed by atoms with Crippen molar-refractivity contribution in [2.24, 2.45) is 11.1 Å². The highest BCUT2D eigenvalue weighted by atomic mass is 35.5. The van der Waals surface area contributed by atoms with E-state index in [1.54, 1.807) is 7.11 Å². The summed E-state index contributed by atoms with van der Waals surface area (Å²) >= 11 is 0. The molecule has 1 amide bonds. The fourth-order valence-corrected chi connectivity index (χ4v) is 3.76. The largest absolute Gasteiger partial charge is 0.493 e. The van der Waals surface area contributed by atoms with E-state index in [9.17, 15) is 4.79 Å². The number of ether oxygens (including phenoxy) is 3. The van der Waals surface area contributed by atoms with Crippen LogP contribution >= 0.6 is 12.4 Å². The minimum atomic E-state index is -0.506. The Morgan fingerprint density at radius 1 is 1.26 bits per heavy atom. The topological polar surface area (TPSA) is 82.8 Å². The van der Waals surface area contributed by atoms with Crippen LogP contribution in [0.1, 0.15) is 44.1 Å². The molecule has 2 aliphatic rings. The van der Waals surface area contributed by atoms with E-state index < -0.39 is 5.41 Å². The molecule has 0 aromatic heterocycles. The first kappa shape index (κ1) is 21.8. The zero-order chi connectivity index (χ0) is 18.4. The lowest BCUT2D eigenvalue weighted by Crippen LogP contribution is -2.48.